The predicted molar refractivity (Wildman–Crippen MR) is 83.0 cm³/mol. The Hall–Kier alpha value is -2.93. The third-order valence-corrected chi connectivity index (χ3v) is 3.91. The van der Waals surface area contributed by atoms with Gasteiger partial charge in [-0.25, -0.2) is 0 Å². The van der Waals surface area contributed by atoms with Gasteiger partial charge in [-0.15, -0.1) is 0 Å². The Morgan fingerprint density at radius 3 is 2.42 bits per heavy atom. The van der Waals surface area contributed by atoms with Gasteiger partial charge in [0, 0.05) is 11.6 Å². The molecular weight excluding hydrogens is 316 g/mol. The second-order valence-corrected chi connectivity index (χ2v) is 5.27. The first-order chi connectivity index (χ1) is 11.5. The minimum absolute atomic E-state index is 0.108. The first kappa shape index (κ1) is 15.9. The van der Waals surface area contributed by atoms with E-state index >= 15 is 0 Å². The number of aliphatic hydroxyl groups is 1. The number of methoxy groups -OCH3 is 2. The number of rotatable bonds is 3. The molecule has 0 radical (unpaired) electrons. The maximum atomic E-state index is 12.5. The number of Topliss-reactive ketones (excluding diaryl/α,β-unsaturated/α-hetero) is 1. The van der Waals surface area contributed by atoms with Gasteiger partial charge in [0.25, 0.3) is 0 Å². The van der Waals surface area contributed by atoms with Crippen molar-refractivity contribution in [2.24, 2.45) is 0 Å². The Morgan fingerprint density at radius 2 is 1.75 bits per heavy atom. The third kappa shape index (κ3) is 2.39. The van der Waals surface area contributed by atoms with Gasteiger partial charge in [0.15, 0.2) is 41.0 Å². The number of carbonyl (C=O) groups excluding carboxylic acids is 1. The van der Waals surface area contributed by atoms with E-state index in [4.69, 9.17) is 14.2 Å². The van der Waals surface area contributed by atoms with Crippen molar-refractivity contribution in [2.75, 3.05) is 14.2 Å². The number of para-hydroxylation sites is 1. The summed E-state index contributed by atoms with van der Waals surface area (Å²) in [4.78, 5) is 12.5. The van der Waals surface area contributed by atoms with Gasteiger partial charge in [-0.2, -0.15) is 0 Å². The highest BCUT2D eigenvalue weighted by atomic mass is 16.5. The van der Waals surface area contributed by atoms with Crippen molar-refractivity contribution in [2.45, 2.75) is 12.2 Å². The lowest BCUT2D eigenvalue weighted by Crippen LogP contribution is -2.36. The summed E-state index contributed by atoms with van der Waals surface area (Å²) in [5.41, 5.74) is 0.257. The van der Waals surface area contributed by atoms with Gasteiger partial charge in [0.2, 0.25) is 0 Å². The van der Waals surface area contributed by atoms with E-state index in [2.05, 4.69) is 0 Å². The van der Waals surface area contributed by atoms with E-state index in [1.165, 1.54) is 44.6 Å². The lowest BCUT2D eigenvalue weighted by atomic mass is 9.92. The van der Waals surface area contributed by atoms with Crippen LogP contribution in [0.1, 0.15) is 22.0 Å². The highest BCUT2D eigenvalue weighted by molar-refractivity contribution is 6.03. The molecule has 126 valence electrons. The summed E-state index contributed by atoms with van der Waals surface area (Å²) in [5, 5.41) is 29.9. The van der Waals surface area contributed by atoms with Crippen LogP contribution < -0.4 is 14.2 Å². The van der Waals surface area contributed by atoms with Gasteiger partial charge < -0.3 is 29.5 Å². The maximum absolute atomic E-state index is 12.5. The van der Waals surface area contributed by atoms with Crippen molar-refractivity contribution in [1.29, 1.82) is 0 Å². The average Bonchev–Trinajstić information content (AvgIpc) is 2.59. The molecule has 0 aliphatic carbocycles. The molecular formula is C17H16O7. The summed E-state index contributed by atoms with van der Waals surface area (Å²) in [6, 6.07) is 7.14. The number of phenols is 2. The predicted octanol–water partition coefficient (Wildman–Crippen LogP) is 1.79. The molecule has 0 unspecified atom stereocenters. The second-order valence-electron chi connectivity index (χ2n) is 5.27. The highest BCUT2D eigenvalue weighted by Gasteiger charge is 2.39. The summed E-state index contributed by atoms with van der Waals surface area (Å²) >= 11 is 0. The number of aromatic hydroxyl groups is 2. The molecule has 0 saturated heterocycles. The average molecular weight is 332 g/mol. The van der Waals surface area contributed by atoms with Crippen LogP contribution >= 0.6 is 0 Å². The van der Waals surface area contributed by atoms with Gasteiger partial charge in [-0.3, -0.25) is 4.79 Å². The minimum Gasteiger partial charge on any atom is -0.504 e. The number of benzene rings is 2. The van der Waals surface area contributed by atoms with Crippen molar-refractivity contribution in [1.82, 2.24) is 0 Å². The standard InChI is InChI=1S/C17H16O7/c1-22-12-6-9-11(7-13(12)23-2)24-17(16(21)15(9)20)8-4-3-5-10(18)14(8)19/h3-7,16-19,21H,1-2H3/t16-,17+/m0/s1. The molecule has 3 rings (SSSR count). The maximum Gasteiger partial charge on any atom is 0.199 e. The Labute approximate surface area is 137 Å². The molecule has 0 aromatic heterocycles. The Balaban J connectivity index is 2.10. The van der Waals surface area contributed by atoms with Crippen LogP contribution in [0.4, 0.5) is 0 Å². The third-order valence-electron chi connectivity index (χ3n) is 3.91. The van der Waals surface area contributed by atoms with Crippen LogP contribution in [0.5, 0.6) is 28.7 Å². The number of hydrogen-bond donors (Lipinski definition) is 3. The van der Waals surface area contributed by atoms with Crippen LogP contribution in [0.3, 0.4) is 0 Å². The molecule has 3 N–H and O–H groups in total. The van der Waals surface area contributed by atoms with Crippen molar-refractivity contribution in [3.05, 3.63) is 41.5 Å². The van der Waals surface area contributed by atoms with Crippen LogP contribution in [-0.2, 0) is 0 Å². The fraction of sp³-hybridized carbons (Fsp3) is 0.235. The second kappa shape index (κ2) is 5.93. The molecule has 0 bridgehead atoms. The number of hydrogen-bond acceptors (Lipinski definition) is 7. The fourth-order valence-electron chi connectivity index (χ4n) is 2.66. The van der Waals surface area contributed by atoms with Crippen LogP contribution in [0, 0.1) is 0 Å². The SMILES string of the molecule is COc1cc2c(cc1OC)C(=O)[C@H](O)[C@@H](c1cccc(O)c1O)O2. The first-order valence-electron chi connectivity index (χ1n) is 7.13. The fourth-order valence-corrected chi connectivity index (χ4v) is 2.66. The monoisotopic (exact) mass is 332 g/mol. The van der Waals surface area contributed by atoms with Gasteiger partial charge in [0.1, 0.15) is 5.75 Å². The van der Waals surface area contributed by atoms with E-state index in [1.54, 1.807) is 0 Å². The van der Waals surface area contributed by atoms with Crippen LogP contribution in [0.25, 0.3) is 0 Å². The van der Waals surface area contributed by atoms with E-state index in [9.17, 15) is 20.1 Å². The molecule has 1 aliphatic heterocycles. The van der Waals surface area contributed by atoms with E-state index in [0.29, 0.717) is 11.5 Å². The van der Waals surface area contributed by atoms with E-state index in [1.807, 2.05) is 0 Å². The number of phenolic OH excluding ortho intramolecular Hbond substituents is 2. The van der Waals surface area contributed by atoms with Crippen LogP contribution in [-0.4, -0.2) is 41.4 Å². The number of ether oxygens (including phenoxy) is 3. The zero-order valence-corrected chi connectivity index (χ0v) is 13.0. The topological polar surface area (TPSA) is 105 Å². The molecule has 7 heteroatoms. The molecule has 0 fully saturated rings. The van der Waals surface area contributed by atoms with E-state index in [0.717, 1.165) is 0 Å². The zero-order chi connectivity index (χ0) is 17.4. The van der Waals surface area contributed by atoms with Crippen LogP contribution in [0.15, 0.2) is 30.3 Å². The smallest absolute Gasteiger partial charge is 0.199 e. The van der Waals surface area contributed by atoms with Crippen LogP contribution in [0.2, 0.25) is 0 Å². The summed E-state index contributed by atoms with van der Waals surface area (Å²) in [7, 11) is 2.88. The highest BCUT2D eigenvalue weighted by Crippen LogP contribution is 2.44. The minimum atomic E-state index is -1.54. The van der Waals surface area contributed by atoms with Gasteiger partial charge in [0.05, 0.1) is 19.8 Å². The van der Waals surface area contributed by atoms with Gasteiger partial charge in [-0.1, -0.05) is 12.1 Å². The summed E-state index contributed by atoms with van der Waals surface area (Å²) in [6.45, 7) is 0. The summed E-state index contributed by atoms with van der Waals surface area (Å²) in [6.07, 6.45) is -2.70. The molecule has 2 aromatic rings. The molecule has 0 amide bonds. The molecule has 0 spiro atoms. The van der Waals surface area contributed by atoms with E-state index in [-0.39, 0.29) is 22.6 Å². The number of aliphatic hydroxyl groups excluding tert-OH is 1. The van der Waals surface area contributed by atoms with Gasteiger partial charge >= 0.3 is 0 Å². The number of carbonyl (C=O) groups is 1. The number of ketones is 1. The zero-order valence-electron chi connectivity index (χ0n) is 13.0. The Kier molecular flexibility index (Phi) is 3.94. The molecule has 0 saturated carbocycles. The Morgan fingerprint density at radius 1 is 1.08 bits per heavy atom. The van der Waals surface area contributed by atoms with Crippen molar-refractivity contribution < 1.29 is 34.3 Å². The number of fused-ring (bicyclic) bond motifs is 1. The molecule has 1 aliphatic rings. The van der Waals surface area contributed by atoms with E-state index < -0.39 is 23.7 Å². The quantitative estimate of drug-likeness (QED) is 0.736. The van der Waals surface area contributed by atoms with Gasteiger partial charge in [-0.05, 0) is 12.1 Å². The first-order valence-corrected chi connectivity index (χ1v) is 7.13. The Bertz CT molecular complexity index is 800. The normalized spacial score (nSPS) is 19.4. The molecule has 2 atom stereocenters. The summed E-state index contributed by atoms with van der Waals surface area (Å²) in [5.74, 6) is -0.508. The van der Waals surface area contributed by atoms with Crippen molar-refractivity contribution in [3.8, 4) is 28.7 Å². The lowest BCUT2D eigenvalue weighted by Gasteiger charge is -2.30. The van der Waals surface area contributed by atoms with Crippen molar-refractivity contribution in [3.63, 3.8) is 0 Å². The van der Waals surface area contributed by atoms with Crippen molar-refractivity contribution >= 4 is 5.78 Å². The largest absolute Gasteiger partial charge is 0.504 e. The molecule has 2 aromatic carbocycles. The molecule has 1 heterocycles. The summed E-state index contributed by atoms with van der Waals surface area (Å²) < 4.78 is 16.0. The lowest BCUT2D eigenvalue weighted by molar-refractivity contribution is 0.0206. The molecule has 24 heavy (non-hydrogen) atoms. The molecule has 7 nitrogen and oxygen atoms in total.